The minimum absolute atomic E-state index is 0.405. The smallest absolute Gasteiger partial charge is 0.0465 e. The first kappa shape index (κ1) is 7.35. The summed E-state index contributed by atoms with van der Waals surface area (Å²) >= 11 is 0. The monoisotopic (exact) mass is 152 g/mol. The first-order valence-electron chi connectivity index (χ1n) is 4.71. The molecule has 0 saturated heterocycles. The van der Waals surface area contributed by atoms with E-state index >= 15 is 0 Å². The van der Waals surface area contributed by atoms with Crippen molar-refractivity contribution >= 4 is 0 Å². The summed E-state index contributed by atoms with van der Waals surface area (Å²) in [6.07, 6.45) is 9.00. The van der Waals surface area contributed by atoms with E-state index in [9.17, 15) is 0 Å². The van der Waals surface area contributed by atoms with Crippen LogP contribution in [0, 0.1) is 11.8 Å². The van der Waals surface area contributed by atoms with Gasteiger partial charge in [-0.1, -0.05) is 11.6 Å². The molecule has 0 amide bonds. The highest BCUT2D eigenvalue weighted by Crippen LogP contribution is 2.46. The summed E-state index contributed by atoms with van der Waals surface area (Å²) in [6.45, 7) is 0.405. The Balaban J connectivity index is 1.90. The number of hydrogen-bond donors (Lipinski definition) is 1. The van der Waals surface area contributed by atoms with Crippen LogP contribution in [0.4, 0.5) is 0 Å². The molecular weight excluding hydrogens is 136 g/mol. The van der Waals surface area contributed by atoms with Gasteiger partial charge < -0.3 is 5.11 Å². The minimum Gasteiger partial charge on any atom is -0.396 e. The van der Waals surface area contributed by atoms with Crippen LogP contribution in [0.15, 0.2) is 11.6 Å². The maximum atomic E-state index is 8.88. The molecule has 1 saturated carbocycles. The van der Waals surface area contributed by atoms with Crippen molar-refractivity contribution in [3.8, 4) is 0 Å². The topological polar surface area (TPSA) is 20.2 Å². The highest BCUT2D eigenvalue weighted by molar-refractivity contribution is 5.17. The molecule has 0 aliphatic heterocycles. The molecular formula is C10H16O. The number of allylic oxidation sites excluding steroid dienone is 2. The average Bonchev–Trinajstić information content (AvgIpc) is 2.85. The van der Waals surface area contributed by atoms with Crippen LogP contribution in [0.25, 0.3) is 0 Å². The van der Waals surface area contributed by atoms with Gasteiger partial charge in [0, 0.05) is 6.61 Å². The lowest BCUT2D eigenvalue weighted by Gasteiger charge is -2.11. The van der Waals surface area contributed by atoms with E-state index in [-0.39, 0.29) is 0 Å². The molecule has 0 heterocycles. The molecule has 2 rings (SSSR count). The van der Waals surface area contributed by atoms with E-state index in [0.717, 1.165) is 5.92 Å². The zero-order valence-electron chi connectivity index (χ0n) is 6.92. The molecule has 11 heavy (non-hydrogen) atoms. The molecule has 62 valence electrons. The Labute approximate surface area is 68.1 Å². The Bertz CT molecular complexity index is 172. The third-order valence-corrected chi connectivity index (χ3v) is 2.96. The molecule has 1 nitrogen and oxygen atoms in total. The van der Waals surface area contributed by atoms with E-state index in [0.29, 0.717) is 12.5 Å². The highest BCUT2D eigenvalue weighted by Gasteiger charge is 2.38. The van der Waals surface area contributed by atoms with Crippen LogP contribution < -0.4 is 0 Å². The van der Waals surface area contributed by atoms with Crippen molar-refractivity contribution in [3.63, 3.8) is 0 Å². The lowest BCUT2D eigenvalue weighted by Crippen LogP contribution is -1.97. The van der Waals surface area contributed by atoms with Gasteiger partial charge in [0.05, 0.1) is 0 Å². The quantitative estimate of drug-likeness (QED) is 0.601. The average molecular weight is 152 g/mol. The Morgan fingerprint density at radius 3 is 2.91 bits per heavy atom. The summed E-state index contributed by atoms with van der Waals surface area (Å²) in [6, 6.07) is 0. The molecule has 0 bridgehead atoms. The second-order valence-corrected chi connectivity index (χ2v) is 3.81. The fraction of sp³-hybridized carbons (Fsp3) is 0.800. The van der Waals surface area contributed by atoms with Gasteiger partial charge in [-0.3, -0.25) is 0 Å². The normalized spacial score (nSPS) is 36.6. The van der Waals surface area contributed by atoms with Crippen LogP contribution in [0.2, 0.25) is 0 Å². The predicted octanol–water partition coefficient (Wildman–Crippen LogP) is 2.12. The van der Waals surface area contributed by atoms with Gasteiger partial charge in [0.2, 0.25) is 0 Å². The van der Waals surface area contributed by atoms with E-state index in [1.54, 1.807) is 5.57 Å². The van der Waals surface area contributed by atoms with Crippen molar-refractivity contribution in [1.29, 1.82) is 0 Å². The van der Waals surface area contributed by atoms with Crippen LogP contribution in [-0.4, -0.2) is 11.7 Å². The van der Waals surface area contributed by atoms with E-state index in [2.05, 4.69) is 6.08 Å². The fourth-order valence-corrected chi connectivity index (χ4v) is 2.10. The maximum Gasteiger partial charge on any atom is 0.0465 e. The van der Waals surface area contributed by atoms with Crippen LogP contribution in [-0.2, 0) is 0 Å². The standard InChI is InChI=1S/C10H16O/c11-7-9-6-10(9)8-4-2-1-3-5-8/h4,9-11H,1-3,5-7H2. The van der Waals surface area contributed by atoms with Crippen molar-refractivity contribution in [3.05, 3.63) is 11.6 Å². The van der Waals surface area contributed by atoms with Crippen LogP contribution in [0.1, 0.15) is 32.1 Å². The SMILES string of the molecule is OCC1CC1C1=CCCCC1. The lowest BCUT2D eigenvalue weighted by atomic mass is 9.95. The summed E-state index contributed by atoms with van der Waals surface area (Å²) in [7, 11) is 0. The highest BCUT2D eigenvalue weighted by atomic mass is 16.3. The number of rotatable bonds is 2. The fourth-order valence-electron chi connectivity index (χ4n) is 2.10. The molecule has 2 aliphatic carbocycles. The Morgan fingerprint density at radius 2 is 2.36 bits per heavy atom. The predicted molar refractivity (Wildman–Crippen MR) is 45.2 cm³/mol. The maximum absolute atomic E-state index is 8.88. The molecule has 0 aromatic rings. The number of aliphatic hydroxyl groups is 1. The van der Waals surface area contributed by atoms with Gasteiger partial charge in [0.15, 0.2) is 0 Å². The zero-order valence-corrected chi connectivity index (χ0v) is 6.92. The van der Waals surface area contributed by atoms with Gasteiger partial charge in [-0.05, 0) is 43.9 Å². The van der Waals surface area contributed by atoms with Crippen molar-refractivity contribution in [2.45, 2.75) is 32.1 Å². The molecule has 2 aliphatic rings. The zero-order chi connectivity index (χ0) is 7.68. The van der Waals surface area contributed by atoms with Gasteiger partial charge in [-0.2, -0.15) is 0 Å². The van der Waals surface area contributed by atoms with Gasteiger partial charge in [-0.15, -0.1) is 0 Å². The number of hydrogen-bond acceptors (Lipinski definition) is 1. The van der Waals surface area contributed by atoms with Gasteiger partial charge in [-0.25, -0.2) is 0 Å². The second-order valence-electron chi connectivity index (χ2n) is 3.81. The second kappa shape index (κ2) is 2.98. The van der Waals surface area contributed by atoms with Crippen molar-refractivity contribution in [2.24, 2.45) is 11.8 Å². The molecule has 0 spiro atoms. The summed E-state index contributed by atoms with van der Waals surface area (Å²) < 4.78 is 0. The summed E-state index contributed by atoms with van der Waals surface area (Å²) in [5.41, 5.74) is 1.65. The molecule has 0 aromatic heterocycles. The molecule has 2 atom stereocenters. The van der Waals surface area contributed by atoms with Crippen LogP contribution in [0.5, 0.6) is 0 Å². The molecule has 1 fully saturated rings. The van der Waals surface area contributed by atoms with E-state index in [1.807, 2.05) is 0 Å². The number of aliphatic hydroxyl groups excluding tert-OH is 1. The summed E-state index contributed by atoms with van der Waals surface area (Å²) in [4.78, 5) is 0. The van der Waals surface area contributed by atoms with Gasteiger partial charge in [0.25, 0.3) is 0 Å². The minimum atomic E-state index is 0.405. The van der Waals surface area contributed by atoms with Gasteiger partial charge >= 0.3 is 0 Å². The third kappa shape index (κ3) is 1.48. The van der Waals surface area contributed by atoms with E-state index in [4.69, 9.17) is 5.11 Å². The molecule has 0 radical (unpaired) electrons. The summed E-state index contributed by atoms with van der Waals surface area (Å²) in [5.74, 6) is 1.40. The van der Waals surface area contributed by atoms with Crippen molar-refractivity contribution in [2.75, 3.05) is 6.61 Å². The lowest BCUT2D eigenvalue weighted by molar-refractivity contribution is 0.271. The van der Waals surface area contributed by atoms with Crippen LogP contribution in [0.3, 0.4) is 0 Å². The third-order valence-electron chi connectivity index (χ3n) is 2.96. The van der Waals surface area contributed by atoms with Crippen molar-refractivity contribution in [1.82, 2.24) is 0 Å². The Kier molecular flexibility index (Phi) is 1.99. The largest absolute Gasteiger partial charge is 0.396 e. The Morgan fingerprint density at radius 1 is 1.45 bits per heavy atom. The molecule has 0 aromatic carbocycles. The first-order chi connectivity index (χ1) is 5.42. The van der Waals surface area contributed by atoms with E-state index < -0.39 is 0 Å². The van der Waals surface area contributed by atoms with E-state index in [1.165, 1.54) is 32.1 Å². The van der Waals surface area contributed by atoms with Gasteiger partial charge in [0.1, 0.15) is 0 Å². The molecule has 2 unspecified atom stereocenters. The van der Waals surface area contributed by atoms with Crippen LogP contribution >= 0.6 is 0 Å². The van der Waals surface area contributed by atoms with Crippen molar-refractivity contribution < 1.29 is 5.11 Å². The summed E-state index contributed by atoms with van der Waals surface area (Å²) in [5, 5.41) is 8.88. The molecule has 1 N–H and O–H groups in total. The molecule has 1 heteroatoms. The first-order valence-corrected chi connectivity index (χ1v) is 4.71. The Hall–Kier alpha value is -0.300.